The number of aromatic nitrogens is 1. The average Bonchev–Trinajstić information content (AvgIpc) is 3.41. The van der Waals surface area contributed by atoms with Gasteiger partial charge in [0.1, 0.15) is 11.8 Å². The molecule has 0 fully saturated rings. The molecule has 1 atom stereocenters. The number of hydrogen-bond acceptors (Lipinski definition) is 8. The smallest absolute Gasteiger partial charge is 0.338 e. The lowest BCUT2D eigenvalue weighted by atomic mass is 10.0. The van der Waals surface area contributed by atoms with Gasteiger partial charge in [0, 0.05) is 0 Å². The van der Waals surface area contributed by atoms with Crippen molar-refractivity contribution in [2.75, 3.05) is 20.8 Å². The maximum atomic E-state index is 13.4. The molecule has 0 N–H and O–H groups in total. The van der Waals surface area contributed by atoms with Crippen molar-refractivity contribution in [2.24, 2.45) is 4.99 Å². The molecule has 8 nitrogen and oxygen atoms in total. The maximum Gasteiger partial charge on any atom is 0.338 e. The van der Waals surface area contributed by atoms with Crippen molar-refractivity contribution in [1.82, 2.24) is 4.57 Å². The quantitative estimate of drug-likeness (QED) is 0.531. The van der Waals surface area contributed by atoms with Gasteiger partial charge in [0.25, 0.3) is 5.56 Å². The molecule has 1 aliphatic heterocycles. The van der Waals surface area contributed by atoms with Crippen LogP contribution in [0.5, 0.6) is 11.5 Å². The third kappa shape index (κ3) is 3.75. The number of fused-ring (bicyclic) bond motifs is 1. The molecule has 1 unspecified atom stereocenters. The van der Waals surface area contributed by atoms with Crippen LogP contribution in [0.4, 0.5) is 0 Å². The number of carbonyl (C=O) groups is 1. The van der Waals surface area contributed by atoms with Crippen molar-refractivity contribution in [3.05, 3.63) is 78.9 Å². The van der Waals surface area contributed by atoms with Crippen LogP contribution < -0.4 is 24.4 Å². The van der Waals surface area contributed by atoms with Crippen LogP contribution in [0.25, 0.3) is 6.08 Å². The first-order valence-electron chi connectivity index (χ1n) is 9.93. The number of methoxy groups -OCH3 is 2. The topological polar surface area (TPSA) is 92.3 Å². The Bertz CT molecular complexity index is 1360. The molecule has 0 radical (unpaired) electrons. The van der Waals surface area contributed by atoms with Gasteiger partial charge < -0.3 is 18.6 Å². The summed E-state index contributed by atoms with van der Waals surface area (Å²) in [4.78, 5) is 31.2. The van der Waals surface area contributed by atoms with Crippen LogP contribution in [0, 0.1) is 0 Å². The molecule has 0 amide bonds. The van der Waals surface area contributed by atoms with E-state index in [9.17, 15) is 9.59 Å². The lowest BCUT2D eigenvalue weighted by Gasteiger charge is -2.22. The molecule has 3 aromatic rings. The summed E-state index contributed by atoms with van der Waals surface area (Å²) in [6.45, 7) is 3.67. The minimum atomic E-state index is -0.757. The molecule has 0 spiro atoms. The van der Waals surface area contributed by atoms with Crippen molar-refractivity contribution in [1.29, 1.82) is 0 Å². The third-order valence-electron chi connectivity index (χ3n) is 5.04. The molecule has 0 bridgehead atoms. The molecular weight excluding hydrogens is 432 g/mol. The number of nitrogens with zero attached hydrogens (tertiary/aromatic N) is 2. The summed E-state index contributed by atoms with van der Waals surface area (Å²) in [6, 6.07) is 8.08. The molecule has 3 heterocycles. The van der Waals surface area contributed by atoms with E-state index in [1.807, 2.05) is 6.07 Å². The zero-order chi connectivity index (χ0) is 22.8. The third-order valence-corrected chi connectivity index (χ3v) is 6.02. The molecule has 9 heteroatoms. The van der Waals surface area contributed by atoms with Crippen LogP contribution in [0.15, 0.2) is 62.1 Å². The van der Waals surface area contributed by atoms with E-state index in [4.69, 9.17) is 18.6 Å². The highest BCUT2D eigenvalue weighted by molar-refractivity contribution is 7.07. The summed E-state index contributed by atoms with van der Waals surface area (Å²) in [7, 11) is 3.12. The summed E-state index contributed by atoms with van der Waals surface area (Å²) in [5.41, 5.74) is 1.26. The zero-order valence-corrected chi connectivity index (χ0v) is 18.9. The molecule has 2 aromatic heterocycles. The standard InChI is InChI=1S/C23H22N2O6S/c1-5-30-22(27)19-13(2)24-23-25(20(19)16-7-6-10-31-16)21(26)18(32-23)12-14-8-9-15(28-3)17(11-14)29-4/h6-12,20H,5H2,1-4H3/b18-12+. The highest BCUT2D eigenvalue weighted by atomic mass is 32.1. The lowest BCUT2D eigenvalue weighted by molar-refractivity contribution is -0.139. The van der Waals surface area contributed by atoms with Gasteiger partial charge in [-0.05, 0) is 49.8 Å². The fraction of sp³-hybridized carbons (Fsp3) is 0.261. The van der Waals surface area contributed by atoms with Crippen molar-refractivity contribution >= 4 is 23.4 Å². The predicted molar refractivity (Wildman–Crippen MR) is 119 cm³/mol. The minimum Gasteiger partial charge on any atom is -0.493 e. The Morgan fingerprint density at radius 2 is 2.03 bits per heavy atom. The molecule has 1 aromatic carbocycles. The van der Waals surface area contributed by atoms with Gasteiger partial charge in [-0.15, -0.1) is 0 Å². The minimum absolute atomic E-state index is 0.213. The van der Waals surface area contributed by atoms with Gasteiger partial charge >= 0.3 is 5.97 Å². The second kappa shape index (κ2) is 8.88. The number of furan rings is 1. The van der Waals surface area contributed by atoms with Crippen molar-refractivity contribution in [2.45, 2.75) is 19.9 Å². The molecular formula is C23H22N2O6S. The van der Waals surface area contributed by atoms with E-state index in [-0.39, 0.29) is 17.7 Å². The maximum absolute atomic E-state index is 13.4. The average molecular weight is 455 g/mol. The predicted octanol–water partition coefficient (Wildman–Crippen LogP) is 2.41. The Labute approximate surface area is 187 Å². The molecule has 1 aliphatic rings. The Kier molecular flexibility index (Phi) is 6.00. The van der Waals surface area contributed by atoms with E-state index in [1.54, 1.807) is 58.4 Å². The van der Waals surface area contributed by atoms with Gasteiger partial charge in [0.05, 0.1) is 42.9 Å². The van der Waals surface area contributed by atoms with Crippen LogP contribution in [-0.4, -0.2) is 31.4 Å². The SMILES string of the molecule is CCOC(=O)C1=C(C)N=c2s/c(=C/c3ccc(OC)c(OC)c3)c(=O)n2C1c1ccco1. The van der Waals surface area contributed by atoms with Gasteiger partial charge in [-0.3, -0.25) is 9.36 Å². The molecule has 0 aliphatic carbocycles. The van der Waals surface area contributed by atoms with E-state index < -0.39 is 12.0 Å². The Balaban J connectivity index is 1.90. The number of carbonyl (C=O) groups excluding carboxylic acids is 1. The Morgan fingerprint density at radius 3 is 2.69 bits per heavy atom. The van der Waals surface area contributed by atoms with E-state index >= 15 is 0 Å². The fourth-order valence-electron chi connectivity index (χ4n) is 3.60. The summed E-state index contributed by atoms with van der Waals surface area (Å²) in [5, 5.41) is 0. The van der Waals surface area contributed by atoms with Crippen LogP contribution >= 0.6 is 11.3 Å². The van der Waals surface area contributed by atoms with Gasteiger partial charge in [-0.25, -0.2) is 9.79 Å². The normalized spacial score (nSPS) is 15.9. The van der Waals surface area contributed by atoms with Gasteiger partial charge in [-0.2, -0.15) is 0 Å². The van der Waals surface area contributed by atoms with Crippen molar-refractivity contribution in [3.63, 3.8) is 0 Å². The van der Waals surface area contributed by atoms with E-state index in [0.717, 1.165) is 5.56 Å². The second-order valence-corrected chi connectivity index (χ2v) is 7.94. The van der Waals surface area contributed by atoms with Gasteiger partial charge in [0.2, 0.25) is 0 Å². The molecule has 32 heavy (non-hydrogen) atoms. The van der Waals surface area contributed by atoms with Crippen molar-refractivity contribution in [3.8, 4) is 11.5 Å². The van der Waals surface area contributed by atoms with Crippen LogP contribution in [-0.2, 0) is 9.53 Å². The first-order chi connectivity index (χ1) is 15.5. The Hall–Kier alpha value is -3.59. The number of rotatable bonds is 6. The highest BCUT2D eigenvalue weighted by Gasteiger charge is 2.35. The summed E-state index contributed by atoms with van der Waals surface area (Å²) >= 11 is 1.24. The van der Waals surface area contributed by atoms with Crippen LogP contribution in [0.2, 0.25) is 0 Å². The number of hydrogen-bond donors (Lipinski definition) is 0. The van der Waals surface area contributed by atoms with E-state index in [1.165, 1.54) is 22.2 Å². The molecule has 0 saturated carbocycles. The molecule has 0 saturated heterocycles. The molecule has 166 valence electrons. The van der Waals surface area contributed by atoms with Gasteiger partial charge in [0.15, 0.2) is 16.3 Å². The summed E-state index contributed by atoms with van der Waals surface area (Å²) < 4.78 is 23.4. The van der Waals surface area contributed by atoms with E-state index in [2.05, 4.69) is 4.99 Å². The second-order valence-electron chi connectivity index (χ2n) is 6.93. The first-order valence-corrected chi connectivity index (χ1v) is 10.7. The van der Waals surface area contributed by atoms with Crippen molar-refractivity contribution < 1.29 is 23.4 Å². The van der Waals surface area contributed by atoms with Crippen LogP contribution in [0.1, 0.15) is 31.2 Å². The molecule has 4 rings (SSSR count). The lowest BCUT2D eigenvalue weighted by Crippen LogP contribution is -2.39. The number of thiazole rings is 1. The highest BCUT2D eigenvalue weighted by Crippen LogP contribution is 2.31. The summed E-state index contributed by atoms with van der Waals surface area (Å²) in [6.07, 6.45) is 3.27. The number of allylic oxidation sites excluding steroid dienone is 1. The number of esters is 1. The number of benzene rings is 1. The van der Waals surface area contributed by atoms with Gasteiger partial charge in [-0.1, -0.05) is 17.4 Å². The Morgan fingerprint density at radius 1 is 1.25 bits per heavy atom. The van der Waals surface area contributed by atoms with E-state index in [0.29, 0.717) is 32.3 Å². The number of ether oxygens (including phenoxy) is 3. The fourth-order valence-corrected chi connectivity index (χ4v) is 4.65. The summed E-state index contributed by atoms with van der Waals surface area (Å²) in [5.74, 6) is 1.09. The van der Waals surface area contributed by atoms with Crippen LogP contribution in [0.3, 0.4) is 0 Å². The monoisotopic (exact) mass is 454 g/mol. The largest absolute Gasteiger partial charge is 0.493 e. The zero-order valence-electron chi connectivity index (χ0n) is 18.1. The first kappa shape index (κ1) is 21.6.